The van der Waals surface area contributed by atoms with E-state index in [1.54, 1.807) is 36.4 Å². The molecule has 0 fully saturated rings. The molecule has 1 aliphatic rings. The quantitative estimate of drug-likeness (QED) is 0.716. The number of carbonyl (C=O) groups excluding carboxylic acids is 1. The van der Waals surface area contributed by atoms with Gasteiger partial charge in [-0.2, -0.15) is 0 Å². The zero-order chi connectivity index (χ0) is 17.4. The summed E-state index contributed by atoms with van der Waals surface area (Å²) < 4.78 is 11.0. The number of aromatic nitrogens is 3. The summed E-state index contributed by atoms with van der Waals surface area (Å²) in [5.41, 5.74) is 2.07. The van der Waals surface area contributed by atoms with Gasteiger partial charge in [0, 0.05) is 12.4 Å². The molecule has 0 N–H and O–H groups in total. The van der Waals surface area contributed by atoms with Crippen LogP contribution in [-0.4, -0.2) is 33.7 Å². The molecule has 1 amide bonds. The van der Waals surface area contributed by atoms with Crippen molar-refractivity contribution in [2.24, 2.45) is 0 Å². The number of fused-ring (bicyclic) bond motifs is 1. The van der Waals surface area contributed by atoms with Crippen molar-refractivity contribution in [2.75, 3.05) is 11.4 Å². The summed E-state index contributed by atoms with van der Waals surface area (Å²) in [7, 11) is 0. The summed E-state index contributed by atoms with van der Waals surface area (Å²) in [5.74, 6) is 0.696. The summed E-state index contributed by atoms with van der Waals surface area (Å²) in [6, 6.07) is 9.04. The number of ether oxygens (including phenoxy) is 1. The van der Waals surface area contributed by atoms with Crippen molar-refractivity contribution < 1.29 is 14.1 Å². The third-order valence-electron chi connectivity index (χ3n) is 4.02. The zero-order valence-corrected chi connectivity index (χ0v) is 13.8. The van der Waals surface area contributed by atoms with E-state index in [1.807, 2.05) is 25.1 Å². The van der Waals surface area contributed by atoms with Gasteiger partial charge in [-0.05, 0) is 38.1 Å². The fraction of sp³-hybridized carbons (Fsp3) is 0.222. The van der Waals surface area contributed by atoms with Crippen molar-refractivity contribution in [3.63, 3.8) is 0 Å². The minimum atomic E-state index is -0.205. The smallest absolute Gasteiger partial charge is 0.264 e. The van der Waals surface area contributed by atoms with E-state index >= 15 is 0 Å². The van der Waals surface area contributed by atoms with Crippen LogP contribution in [0.5, 0.6) is 5.88 Å². The first kappa shape index (κ1) is 15.3. The molecule has 1 atom stereocenters. The Morgan fingerprint density at radius 3 is 2.84 bits per heavy atom. The minimum Gasteiger partial charge on any atom is -0.471 e. The van der Waals surface area contributed by atoms with Gasteiger partial charge in [0.15, 0.2) is 0 Å². The predicted molar refractivity (Wildman–Crippen MR) is 90.5 cm³/mol. The number of carbonyl (C=O) groups is 1. The fourth-order valence-electron chi connectivity index (χ4n) is 2.89. The third kappa shape index (κ3) is 2.63. The Morgan fingerprint density at radius 1 is 1.20 bits per heavy atom. The van der Waals surface area contributed by atoms with E-state index in [-0.39, 0.29) is 12.0 Å². The largest absolute Gasteiger partial charge is 0.471 e. The van der Waals surface area contributed by atoms with Crippen LogP contribution in [0.4, 0.5) is 5.69 Å². The molecule has 126 valence electrons. The molecule has 4 rings (SSSR count). The topological polar surface area (TPSA) is 81.4 Å². The lowest BCUT2D eigenvalue weighted by molar-refractivity contribution is 0.0957. The lowest BCUT2D eigenvalue weighted by atomic mass is 10.1. The van der Waals surface area contributed by atoms with E-state index in [2.05, 4.69) is 15.1 Å². The van der Waals surface area contributed by atoms with Crippen LogP contribution in [0.25, 0.3) is 11.4 Å². The van der Waals surface area contributed by atoms with Crippen LogP contribution in [0.15, 0.2) is 47.2 Å². The molecule has 3 aromatic heterocycles. The van der Waals surface area contributed by atoms with Gasteiger partial charge in [-0.1, -0.05) is 11.2 Å². The monoisotopic (exact) mass is 336 g/mol. The molecule has 7 heteroatoms. The normalized spacial score (nSPS) is 16.2. The van der Waals surface area contributed by atoms with Gasteiger partial charge in [-0.15, -0.1) is 0 Å². The van der Waals surface area contributed by atoms with E-state index < -0.39 is 0 Å². The van der Waals surface area contributed by atoms with Gasteiger partial charge >= 0.3 is 0 Å². The first-order chi connectivity index (χ1) is 12.1. The molecule has 0 saturated carbocycles. The molecule has 0 unspecified atom stereocenters. The van der Waals surface area contributed by atoms with E-state index in [9.17, 15) is 4.79 Å². The molecule has 3 aromatic rings. The Kier molecular flexibility index (Phi) is 3.68. The molecule has 4 heterocycles. The number of pyridine rings is 2. The maximum Gasteiger partial charge on any atom is 0.264 e. The number of rotatable bonds is 2. The van der Waals surface area contributed by atoms with Gasteiger partial charge in [0.05, 0.1) is 12.2 Å². The maximum atomic E-state index is 13.3. The molecular weight excluding hydrogens is 320 g/mol. The Morgan fingerprint density at radius 2 is 2.04 bits per heavy atom. The van der Waals surface area contributed by atoms with E-state index in [1.165, 1.54) is 0 Å². The molecule has 0 spiro atoms. The molecule has 1 aliphatic heterocycles. The summed E-state index contributed by atoms with van der Waals surface area (Å²) in [6.45, 7) is 4.04. The molecule has 0 radical (unpaired) electrons. The number of amides is 1. The SMILES string of the molecule is Cc1onc(-c2ccccn2)c1C(=O)N1C[C@H](C)Oc2ncccc21. The van der Waals surface area contributed by atoms with E-state index in [4.69, 9.17) is 9.26 Å². The summed E-state index contributed by atoms with van der Waals surface area (Å²) >= 11 is 0. The van der Waals surface area contributed by atoms with E-state index in [0.717, 1.165) is 0 Å². The van der Waals surface area contributed by atoms with Crippen molar-refractivity contribution in [3.8, 4) is 17.3 Å². The highest BCUT2D eigenvalue weighted by molar-refractivity contribution is 6.10. The lowest BCUT2D eigenvalue weighted by Crippen LogP contribution is -2.42. The second kappa shape index (κ2) is 6.01. The van der Waals surface area contributed by atoms with Crippen LogP contribution >= 0.6 is 0 Å². The Bertz CT molecular complexity index is 923. The Labute approximate surface area is 144 Å². The van der Waals surface area contributed by atoms with Crippen LogP contribution < -0.4 is 9.64 Å². The van der Waals surface area contributed by atoms with Gasteiger partial charge < -0.3 is 9.26 Å². The summed E-state index contributed by atoms with van der Waals surface area (Å²) in [6.07, 6.45) is 3.14. The van der Waals surface area contributed by atoms with Crippen molar-refractivity contribution in [1.29, 1.82) is 0 Å². The molecule has 25 heavy (non-hydrogen) atoms. The maximum absolute atomic E-state index is 13.3. The van der Waals surface area contributed by atoms with Crippen molar-refractivity contribution in [2.45, 2.75) is 20.0 Å². The predicted octanol–water partition coefficient (Wildman–Crippen LogP) is 2.87. The molecule has 0 saturated heterocycles. The van der Waals surface area contributed by atoms with Crippen molar-refractivity contribution >= 4 is 11.6 Å². The summed E-state index contributed by atoms with van der Waals surface area (Å²) in [4.78, 5) is 23.5. The van der Waals surface area contributed by atoms with Crippen LogP contribution in [0.2, 0.25) is 0 Å². The summed E-state index contributed by atoms with van der Waals surface area (Å²) in [5, 5.41) is 4.05. The molecule has 7 nitrogen and oxygen atoms in total. The molecule has 0 aromatic carbocycles. The highest BCUT2D eigenvalue weighted by atomic mass is 16.5. The van der Waals surface area contributed by atoms with E-state index in [0.29, 0.717) is 40.8 Å². The molecule has 0 bridgehead atoms. The third-order valence-corrected chi connectivity index (χ3v) is 4.02. The second-order valence-corrected chi connectivity index (χ2v) is 5.85. The van der Waals surface area contributed by atoms with Crippen molar-refractivity contribution in [3.05, 3.63) is 54.0 Å². The number of hydrogen-bond acceptors (Lipinski definition) is 6. The standard InChI is InChI=1S/C18H16N4O3/c1-11-10-22(14-7-5-9-20-17(14)24-11)18(23)15-12(2)25-21-16(15)13-6-3-4-8-19-13/h3-9,11H,10H2,1-2H3/t11-/m0/s1. The van der Waals surface area contributed by atoms with Crippen LogP contribution in [0.1, 0.15) is 23.0 Å². The van der Waals surface area contributed by atoms with Gasteiger partial charge in [0.2, 0.25) is 5.88 Å². The number of nitrogens with zero attached hydrogens (tertiary/aromatic N) is 4. The van der Waals surface area contributed by atoms with Crippen molar-refractivity contribution in [1.82, 2.24) is 15.1 Å². The number of hydrogen-bond donors (Lipinski definition) is 0. The average Bonchev–Trinajstić information content (AvgIpc) is 3.02. The highest BCUT2D eigenvalue weighted by Gasteiger charge is 2.33. The van der Waals surface area contributed by atoms with Crippen LogP contribution in [0, 0.1) is 6.92 Å². The van der Waals surface area contributed by atoms with Gasteiger partial charge in [0.25, 0.3) is 5.91 Å². The van der Waals surface area contributed by atoms with Crippen LogP contribution in [0.3, 0.4) is 0 Å². The van der Waals surface area contributed by atoms with Gasteiger partial charge in [-0.3, -0.25) is 14.7 Å². The Balaban J connectivity index is 1.79. The van der Waals surface area contributed by atoms with Gasteiger partial charge in [-0.25, -0.2) is 4.98 Å². The number of aryl methyl sites for hydroxylation is 1. The highest BCUT2D eigenvalue weighted by Crippen LogP contribution is 2.34. The molecule has 0 aliphatic carbocycles. The first-order valence-electron chi connectivity index (χ1n) is 7.96. The average molecular weight is 336 g/mol. The van der Waals surface area contributed by atoms with Crippen LogP contribution in [-0.2, 0) is 0 Å². The second-order valence-electron chi connectivity index (χ2n) is 5.85. The molecular formula is C18H16N4O3. The minimum absolute atomic E-state index is 0.162. The lowest BCUT2D eigenvalue weighted by Gasteiger charge is -2.32. The number of anilines is 1. The van der Waals surface area contributed by atoms with Gasteiger partial charge in [0.1, 0.15) is 28.8 Å². The first-order valence-corrected chi connectivity index (χ1v) is 7.96. The zero-order valence-electron chi connectivity index (χ0n) is 13.8. The Hall–Kier alpha value is -3.22. The fourth-order valence-corrected chi connectivity index (χ4v) is 2.89.